The van der Waals surface area contributed by atoms with Crippen LogP contribution in [0.3, 0.4) is 0 Å². The van der Waals surface area contributed by atoms with Gasteiger partial charge in [-0.15, -0.1) is 0 Å². The van der Waals surface area contributed by atoms with Crippen LogP contribution in [0, 0.1) is 17.7 Å². The summed E-state index contributed by atoms with van der Waals surface area (Å²) < 4.78 is 18.7. The van der Waals surface area contributed by atoms with Crippen molar-refractivity contribution in [2.45, 2.75) is 19.3 Å². The zero-order valence-electron chi connectivity index (χ0n) is 20.7. The Morgan fingerprint density at radius 3 is 2.44 bits per heavy atom. The highest BCUT2D eigenvalue weighted by Gasteiger charge is 2.33. The molecule has 36 heavy (non-hydrogen) atoms. The number of carbonyl (C=O) groups excluding carboxylic acids is 1. The molecule has 2 saturated heterocycles. The van der Waals surface area contributed by atoms with E-state index in [1.165, 1.54) is 24.3 Å². The van der Waals surface area contributed by atoms with Crippen molar-refractivity contribution in [1.29, 1.82) is 0 Å². The molecule has 9 heteroatoms. The zero-order chi connectivity index (χ0) is 25.5. The molecular weight excluding hydrogens is 463 g/mol. The average molecular weight is 499 g/mol. The summed E-state index contributed by atoms with van der Waals surface area (Å²) in [5.74, 6) is -0.108. The van der Waals surface area contributed by atoms with Gasteiger partial charge in [-0.3, -0.25) is 9.69 Å². The number of aliphatic carboxylic acids is 1. The van der Waals surface area contributed by atoms with E-state index < -0.39 is 5.97 Å². The van der Waals surface area contributed by atoms with Crippen molar-refractivity contribution in [3.63, 3.8) is 0 Å². The number of benzene rings is 2. The Kier molecular flexibility index (Phi) is 8.64. The molecule has 4 rings (SSSR count). The molecular formula is C27H35FN4O4. The van der Waals surface area contributed by atoms with Crippen molar-refractivity contribution in [3.05, 3.63) is 54.3 Å². The smallest absolute Gasteiger partial charge is 0.321 e. The predicted octanol–water partition coefficient (Wildman–Crippen LogP) is 3.99. The number of likely N-dealkylation sites (tertiary alicyclic amines) is 1. The number of anilines is 2. The summed E-state index contributed by atoms with van der Waals surface area (Å²) in [5, 5.41) is 12.3. The number of hydrogen-bond acceptors (Lipinski definition) is 5. The van der Waals surface area contributed by atoms with E-state index >= 15 is 0 Å². The van der Waals surface area contributed by atoms with Crippen LogP contribution in [-0.4, -0.2) is 79.8 Å². The molecule has 2 aliphatic heterocycles. The van der Waals surface area contributed by atoms with Crippen LogP contribution < -0.4 is 15.0 Å². The maximum atomic E-state index is 13.2. The van der Waals surface area contributed by atoms with E-state index in [1.54, 1.807) is 12.0 Å². The first-order valence-corrected chi connectivity index (χ1v) is 12.6. The molecule has 2 aromatic rings. The van der Waals surface area contributed by atoms with E-state index in [4.69, 9.17) is 4.74 Å². The minimum atomic E-state index is -0.792. The Hall–Kier alpha value is -3.33. The van der Waals surface area contributed by atoms with Crippen LogP contribution in [-0.2, 0) is 4.79 Å². The van der Waals surface area contributed by atoms with Gasteiger partial charge in [-0.2, -0.15) is 0 Å². The largest absolute Gasteiger partial charge is 0.495 e. The summed E-state index contributed by atoms with van der Waals surface area (Å²) in [7, 11) is 1.69. The highest BCUT2D eigenvalue weighted by atomic mass is 19.1. The molecule has 2 amide bonds. The van der Waals surface area contributed by atoms with Crippen molar-refractivity contribution in [2.75, 3.05) is 63.1 Å². The summed E-state index contributed by atoms with van der Waals surface area (Å²) in [6.07, 6.45) is 1.63. The quantitative estimate of drug-likeness (QED) is 0.573. The molecule has 2 fully saturated rings. The third-order valence-corrected chi connectivity index (χ3v) is 7.33. The van der Waals surface area contributed by atoms with Gasteiger partial charge in [0.25, 0.3) is 0 Å². The summed E-state index contributed by atoms with van der Waals surface area (Å²) in [4.78, 5) is 30.8. The van der Waals surface area contributed by atoms with Gasteiger partial charge in [0, 0.05) is 51.4 Å². The number of piperidine rings is 1. The number of carboxylic acid groups (broad SMARTS) is 1. The number of carbonyl (C=O) groups is 2. The SMILES string of the molecule is COc1ccccc1N1CCN(CC[C@@H]2CN(C(=O)Nc3ccc(F)cc3)CC[C@H]2CC(=O)O)CC1. The number of nitrogens with one attached hydrogen (secondary N) is 1. The molecule has 2 N–H and O–H groups in total. The Morgan fingerprint density at radius 1 is 1.03 bits per heavy atom. The molecule has 2 atom stereocenters. The third kappa shape index (κ3) is 6.66. The Morgan fingerprint density at radius 2 is 1.75 bits per heavy atom. The second-order valence-electron chi connectivity index (χ2n) is 9.58. The average Bonchev–Trinajstić information content (AvgIpc) is 2.89. The van der Waals surface area contributed by atoms with Crippen molar-refractivity contribution in [3.8, 4) is 5.75 Å². The fourth-order valence-electron chi connectivity index (χ4n) is 5.27. The molecule has 0 spiro atoms. The molecule has 0 bridgehead atoms. The van der Waals surface area contributed by atoms with Crippen LogP contribution >= 0.6 is 0 Å². The van der Waals surface area contributed by atoms with E-state index in [9.17, 15) is 19.1 Å². The minimum absolute atomic E-state index is 0.0484. The number of ether oxygens (including phenoxy) is 1. The number of halogens is 1. The number of piperazine rings is 1. The van der Waals surface area contributed by atoms with Crippen molar-refractivity contribution < 1.29 is 23.8 Å². The molecule has 8 nitrogen and oxygen atoms in total. The van der Waals surface area contributed by atoms with Crippen molar-refractivity contribution in [2.24, 2.45) is 11.8 Å². The number of nitrogens with zero attached hydrogens (tertiary/aromatic N) is 3. The molecule has 0 aromatic heterocycles. The second-order valence-corrected chi connectivity index (χ2v) is 9.58. The Bertz CT molecular complexity index is 1030. The lowest BCUT2D eigenvalue weighted by Crippen LogP contribution is -2.49. The van der Waals surface area contributed by atoms with Crippen LogP contribution in [0.25, 0.3) is 0 Å². The summed E-state index contributed by atoms with van der Waals surface area (Å²) in [5.41, 5.74) is 1.65. The number of para-hydroxylation sites is 2. The number of hydrogen-bond donors (Lipinski definition) is 2. The Balaban J connectivity index is 1.31. The topological polar surface area (TPSA) is 85.4 Å². The van der Waals surface area contributed by atoms with Crippen molar-refractivity contribution >= 4 is 23.4 Å². The predicted molar refractivity (Wildman–Crippen MR) is 137 cm³/mol. The summed E-state index contributed by atoms with van der Waals surface area (Å²) in [6, 6.07) is 13.5. The van der Waals surface area contributed by atoms with Gasteiger partial charge >= 0.3 is 12.0 Å². The highest BCUT2D eigenvalue weighted by Crippen LogP contribution is 2.31. The number of methoxy groups -OCH3 is 1. The van der Waals surface area contributed by atoms with Crippen LogP contribution in [0.1, 0.15) is 19.3 Å². The molecule has 2 aromatic carbocycles. The van der Waals surface area contributed by atoms with Gasteiger partial charge in [-0.25, -0.2) is 9.18 Å². The normalized spacial score (nSPS) is 20.7. The number of rotatable bonds is 8. The highest BCUT2D eigenvalue weighted by molar-refractivity contribution is 5.89. The van der Waals surface area contributed by atoms with Gasteiger partial charge in [0.05, 0.1) is 12.8 Å². The minimum Gasteiger partial charge on any atom is -0.495 e. The maximum absolute atomic E-state index is 13.2. The molecule has 2 aliphatic rings. The fraction of sp³-hybridized carbons (Fsp3) is 0.481. The van der Waals surface area contributed by atoms with E-state index in [0.717, 1.165) is 50.6 Å². The first-order valence-electron chi connectivity index (χ1n) is 12.6. The van der Waals surface area contributed by atoms with Crippen LogP contribution in [0.15, 0.2) is 48.5 Å². The standard InChI is InChI=1S/C27H35FN4O4/c1-36-25-5-3-2-4-24(25)31-16-14-30(15-17-31)12-10-21-19-32(13-11-20(21)18-26(33)34)27(35)29-23-8-6-22(28)7-9-23/h2-9,20-21H,10-19H2,1H3,(H,29,35)(H,33,34)/t20-,21+/m0/s1. The lowest BCUT2D eigenvalue weighted by molar-refractivity contribution is -0.139. The van der Waals surface area contributed by atoms with Gasteiger partial charge in [-0.05, 0) is 67.6 Å². The lowest BCUT2D eigenvalue weighted by atomic mass is 9.81. The number of urea groups is 1. The summed E-state index contributed by atoms with van der Waals surface area (Å²) in [6.45, 7) is 5.54. The van der Waals surface area contributed by atoms with Gasteiger partial charge in [-0.1, -0.05) is 12.1 Å². The molecule has 0 unspecified atom stereocenters. The van der Waals surface area contributed by atoms with Gasteiger partial charge in [0.15, 0.2) is 0 Å². The monoisotopic (exact) mass is 498 g/mol. The number of carboxylic acids is 1. The van der Waals surface area contributed by atoms with E-state index in [-0.39, 0.29) is 30.1 Å². The molecule has 0 aliphatic carbocycles. The fourth-order valence-corrected chi connectivity index (χ4v) is 5.27. The number of amides is 2. The van der Waals surface area contributed by atoms with Crippen molar-refractivity contribution in [1.82, 2.24) is 9.80 Å². The first-order chi connectivity index (χ1) is 17.4. The van der Waals surface area contributed by atoms with Gasteiger partial charge in [0.1, 0.15) is 11.6 Å². The molecule has 0 radical (unpaired) electrons. The molecule has 0 saturated carbocycles. The third-order valence-electron chi connectivity index (χ3n) is 7.33. The first kappa shape index (κ1) is 25.8. The zero-order valence-corrected chi connectivity index (χ0v) is 20.7. The van der Waals surface area contributed by atoms with Gasteiger partial charge in [0.2, 0.25) is 0 Å². The molecule has 194 valence electrons. The van der Waals surface area contributed by atoms with E-state index in [0.29, 0.717) is 25.2 Å². The second kappa shape index (κ2) is 12.1. The van der Waals surface area contributed by atoms with Crippen LogP contribution in [0.5, 0.6) is 5.75 Å². The maximum Gasteiger partial charge on any atom is 0.321 e. The Labute approximate surface area is 211 Å². The van der Waals surface area contributed by atoms with Crippen LogP contribution in [0.2, 0.25) is 0 Å². The van der Waals surface area contributed by atoms with Crippen LogP contribution in [0.4, 0.5) is 20.6 Å². The van der Waals surface area contributed by atoms with E-state index in [2.05, 4.69) is 21.2 Å². The van der Waals surface area contributed by atoms with Gasteiger partial charge < -0.3 is 25.0 Å². The van der Waals surface area contributed by atoms with E-state index in [1.807, 2.05) is 18.2 Å². The lowest BCUT2D eigenvalue weighted by Gasteiger charge is -2.40. The summed E-state index contributed by atoms with van der Waals surface area (Å²) >= 11 is 0. The molecule has 2 heterocycles.